The summed E-state index contributed by atoms with van der Waals surface area (Å²) in [6, 6.07) is 24.1. The van der Waals surface area contributed by atoms with Gasteiger partial charge in [-0.3, -0.25) is 0 Å². The Balaban J connectivity index is 2.22. The standard InChI is InChI=1S/C18H13P/c19-16-8-7-13-11-18-14(9-15(13)10-16)6-5-12-3-1-2-4-17(12)18/h1-11H,19H2. The molecule has 0 saturated carbocycles. The number of fused-ring (bicyclic) bond motifs is 4. The Morgan fingerprint density at radius 1 is 0.526 bits per heavy atom. The van der Waals surface area contributed by atoms with E-state index in [4.69, 9.17) is 0 Å². The first kappa shape index (κ1) is 11.0. The fraction of sp³-hybridized carbons (Fsp3) is 0. The lowest BCUT2D eigenvalue weighted by Gasteiger charge is -2.07. The molecule has 0 saturated heterocycles. The Hall–Kier alpha value is -1.91. The van der Waals surface area contributed by atoms with Crippen LogP contribution in [0.1, 0.15) is 0 Å². The van der Waals surface area contributed by atoms with E-state index in [2.05, 4.69) is 76.0 Å². The molecule has 4 aromatic carbocycles. The SMILES string of the molecule is Pc1ccc2cc3c(ccc4ccccc43)cc2c1. The predicted molar refractivity (Wildman–Crippen MR) is 88.3 cm³/mol. The van der Waals surface area contributed by atoms with Gasteiger partial charge in [0, 0.05) is 0 Å². The molecule has 0 aliphatic rings. The summed E-state index contributed by atoms with van der Waals surface area (Å²) in [6.45, 7) is 0. The van der Waals surface area contributed by atoms with E-state index in [9.17, 15) is 0 Å². The van der Waals surface area contributed by atoms with Gasteiger partial charge in [0.1, 0.15) is 0 Å². The van der Waals surface area contributed by atoms with Crippen LogP contribution in [-0.4, -0.2) is 0 Å². The normalized spacial score (nSPS) is 11.4. The maximum atomic E-state index is 2.76. The summed E-state index contributed by atoms with van der Waals surface area (Å²) < 4.78 is 0. The Bertz CT molecular complexity index is 922. The molecule has 0 bridgehead atoms. The summed E-state index contributed by atoms with van der Waals surface area (Å²) in [6.07, 6.45) is 0. The highest BCUT2D eigenvalue weighted by atomic mass is 31.0. The summed E-state index contributed by atoms with van der Waals surface area (Å²) in [5.74, 6) is 0. The Kier molecular flexibility index (Phi) is 2.33. The van der Waals surface area contributed by atoms with Crippen molar-refractivity contribution in [2.75, 3.05) is 0 Å². The lowest BCUT2D eigenvalue weighted by Crippen LogP contribution is -1.88. The van der Waals surface area contributed by atoms with E-state index in [1.807, 2.05) is 0 Å². The van der Waals surface area contributed by atoms with Crippen LogP contribution in [0.4, 0.5) is 0 Å². The van der Waals surface area contributed by atoms with Gasteiger partial charge in [-0.2, -0.15) is 0 Å². The van der Waals surface area contributed by atoms with E-state index in [0.29, 0.717) is 0 Å². The quantitative estimate of drug-likeness (QED) is 0.245. The molecule has 0 radical (unpaired) electrons. The molecule has 90 valence electrons. The molecule has 4 aromatic rings. The number of hydrogen-bond donors (Lipinski definition) is 0. The van der Waals surface area contributed by atoms with Gasteiger partial charge in [0.25, 0.3) is 0 Å². The van der Waals surface area contributed by atoms with Crippen LogP contribution in [0, 0.1) is 0 Å². The second-order valence-corrected chi connectivity index (χ2v) is 5.63. The molecule has 0 aliphatic heterocycles. The molecule has 0 fully saturated rings. The molecule has 0 amide bonds. The zero-order valence-electron chi connectivity index (χ0n) is 10.4. The first-order valence-corrected chi connectivity index (χ1v) is 7.00. The predicted octanol–water partition coefficient (Wildman–Crippen LogP) is 4.65. The maximum absolute atomic E-state index is 2.76. The molecule has 0 N–H and O–H groups in total. The van der Waals surface area contributed by atoms with E-state index >= 15 is 0 Å². The second-order valence-electron chi connectivity index (χ2n) is 4.97. The molecule has 4 rings (SSSR count). The molecular weight excluding hydrogens is 247 g/mol. The average molecular weight is 260 g/mol. The van der Waals surface area contributed by atoms with Gasteiger partial charge in [0.15, 0.2) is 0 Å². The third-order valence-electron chi connectivity index (χ3n) is 3.73. The highest BCUT2D eigenvalue weighted by Crippen LogP contribution is 2.29. The largest absolute Gasteiger partial charge is 0.106 e. The molecule has 0 heterocycles. The van der Waals surface area contributed by atoms with E-state index in [-0.39, 0.29) is 0 Å². The van der Waals surface area contributed by atoms with Crippen molar-refractivity contribution in [3.63, 3.8) is 0 Å². The zero-order chi connectivity index (χ0) is 12.8. The monoisotopic (exact) mass is 260 g/mol. The molecule has 1 heteroatoms. The van der Waals surface area contributed by atoms with Crippen molar-refractivity contribution < 1.29 is 0 Å². The van der Waals surface area contributed by atoms with E-state index in [1.54, 1.807) is 0 Å². The first-order chi connectivity index (χ1) is 9.31. The van der Waals surface area contributed by atoms with Crippen molar-refractivity contribution in [3.05, 3.63) is 66.7 Å². The van der Waals surface area contributed by atoms with Crippen molar-refractivity contribution in [1.82, 2.24) is 0 Å². The summed E-state index contributed by atoms with van der Waals surface area (Å²) in [5.41, 5.74) is 0. The van der Waals surface area contributed by atoms with Crippen LogP contribution in [0.3, 0.4) is 0 Å². The summed E-state index contributed by atoms with van der Waals surface area (Å²) in [4.78, 5) is 0. The minimum absolute atomic E-state index is 1.23. The van der Waals surface area contributed by atoms with Crippen molar-refractivity contribution in [2.45, 2.75) is 0 Å². The van der Waals surface area contributed by atoms with Gasteiger partial charge >= 0.3 is 0 Å². The molecule has 1 atom stereocenters. The van der Waals surface area contributed by atoms with Gasteiger partial charge in [0.05, 0.1) is 0 Å². The summed E-state index contributed by atoms with van der Waals surface area (Å²) in [7, 11) is 2.76. The van der Waals surface area contributed by atoms with Crippen LogP contribution in [0.5, 0.6) is 0 Å². The van der Waals surface area contributed by atoms with Gasteiger partial charge in [0.2, 0.25) is 0 Å². The van der Waals surface area contributed by atoms with Gasteiger partial charge < -0.3 is 0 Å². The number of hydrogen-bond acceptors (Lipinski definition) is 0. The van der Waals surface area contributed by atoms with E-state index in [0.717, 1.165) is 0 Å². The van der Waals surface area contributed by atoms with E-state index in [1.165, 1.54) is 37.6 Å². The lowest BCUT2D eigenvalue weighted by molar-refractivity contribution is 1.79. The Labute approximate surface area is 114 Å². The van der Waals surface area contributed by atoms with Gasteiger partial charge in [-0.05, 0) is 55.8 Å². The number of benzene rings is 4. The van der Waals surface area contributed by atoms with Crippen LogP contribution >= 0.6 is 9.24 Å². The molecule has 0 spiro atoms. The minimum atomic E-state index is 1.23. The van der Waals surface area contributed by atoms with Gasteiger partial charge in [-0.25, -0.2) is 0 Å². The molecule has 0 nitrogen and oxygen atoms in total. The van der Waals surface area contributed by atoms with Crippen molar-refractivity contribution in [3.8, 4) is 0 Å². The summed E-state index contributed by atoms with van der Waals surface area (Å²) in [5, 5.41) is 9.11. The minimum Gasteiger partial charge on any atom is -0.106 e. The van der Waals surface area contributed by atoms with Crippen LogP contribution in [-0.2, 0) is 0 Å². The molecule has 19 heavy (non-hydrogen) atoms. The van der Waals surface area contributed by atoms with Crippen LogP contribution in [0.15, 0.2) is 66.7 Å². The zero-order valence-corrected chi connectivity index (χ0v) is 11.6. The topological polar surface area (TPSA) is 0 Å². The van der Waals surface area contributed by atoms with Gasteiger partial charge in [-0.15, -0.1) is 9.24 Å². The van der Waals surface area contributed by atoms with E-state index < -0.39 is 0 Å². The first-order valence-electron chi connectivity index (χ1n) is 6.42. The third kappa shape index (κ3) is 1.72. The van der Waals surface area contributed by atoms with Crippen LogP contribution in [0.25, 0.3) is 32.3 Å². The van der Waals surface area contributed by atoms with Crippen molar-refractivity contribution in [1.29, 1.82) is 0 Å². The molecule has 0 aromatic heterocycles. The molecule has 1 unspecified atom stereocenters. The smallest absolute Gasteiger partial charge is 0.00990 e. The van der Waals surface area contributed by atoms with Crippen LogP contribution in [0.2, 0.25) is 0 Å². The van der Waals surface area contributed by atoms with Crippen LogP contribution < -0.4 is 5.30 Å². The summed E-state index contributed by atoms with van der Waals surface area (Å²) >= 11 is 0. The number of rotatable bonds is 0. The fourth-order valence-electron chi connectivity index (χ4n) is 2.77. The highest BCUT2D eigenvalue weighted by molar-refractivity contribution is 7.27. The fourth-order valence-corrected chi connectivity index (χ4v) is 3.05. The van der Waals surface area contributed by atoms with Gasteiger partial charge in [-0.1, -0.05) is 48.5 Å². The average Bonchev–Trinajstić information content (AvgIpc) is 2.45. The third-order valence-corrected chi connectivity index (χ3v) is 4.09. The molecular formula is C18H13P. The highest BCUT2D eigenvalue weighted by Gasteiger charge is 2.02. The molecule has 0 aliphatic carbocycles. The maximum Gasteiger partial charge on any atom is -0.00990 e. The lowest BCUT2D eigenvalue weighted by atomic mass is 9.98. The van der Waals surface area contributed by atoms with Crippen molar-refractivity contribution >= 4 is 46.9 Å². The Morgan fingerprint density at radius 3 is 2.26 bits per heavy atom. The van der Waals surface area contributed by atoms with Crippen molar-refractivity contribution in [2.24, 2.45) is 0 Å². The second kappa shape index (κ2) is 4.05. The Morgan fingerprint density at radius 2 is 1.32 bits per heavy atom.